The van der Waals surface area contributed by atoms with Crippen LogP contribution >= 0.6 is 11.6 Å². The summed E-state index contributed by atoms with van der Waals surface area (Å²) in [6, 6.07) is 18.1. The maximum atomic E-state index is 12.1. The van der Waals surface area contributed by atoms with Crippen molar-refractivity contribution in [3.8, 4) is 22.6 Å². The first-order valence-corrected chi connectivity index (χ1v) is 11.4. The second-order valence-corrected chi connectivity index (χ2v) is 8.28. The van der Waals surface area contributed by atoms with Gasteiger partial charge in [-0.25, -0.2) is 0 Å². The summed E-state index contributed by atoms with van der Waals surface area (Å²) in [6.07, 6.45) is 0.128. The number of hydrogen-bond acceptors (Lipinski definition) is 6. The second-order valence-electron chi connectivity index (χ2n) is 7.84. The molecule has 0 aromatic heterocycles. The fourth-order valence-corrected chi connectivity index (χ4v) is 3.69. The van der Waals surface area contributed by atoms with E-state index in [2.05, 4.69) is 5.32 Å². The fourth-order valence-electron chi connectivity index (χ4n) is 3.57. The molecule has 2 N–H and O–H groups in total. The van der Waals surface area contributed by atoms with Crippen molar-refractivity contribution in [2.45, 2.75) is 26.0 Å². The molecule has 0 atom stereocenters. The van der Waals surface area contributed by atoms with Crippen molar-refractivity contribution in [1.29, 1.82) is 0 Å². The summed E-state index contributed by atoms with van der Waals surface area (Å²) in [6.45, 7) is 1.11. The van der Waals surface area contributed by atoms with Gasteiger partial charge in [0.25, 0.3) is 0 Å². The highest BCUT2D eigenvalue weighted by Gasteiger charge is 2.14. The number of hydrogen-bond donors (Lipinski definition) is 2. The van der Waals surface area contributed by atoms with Gasteiger partial charge in [-0.05, 0) is 58.7 Å². The Bertz CT molecular complexity index is 1160. The van der Waals surface area contributed by atoms with Crippen LogP contribution in [0.15, 0.2) is 60.7 Å². The quantitative estimate of drug-likeness (QED) is 0.272. The number of ether oxygens (including phenoxy) is 3. The van der Waals surface area contributed by atoms with Gasteiger partial charge in [-0.15, -0.1) is 0 Å². The molecule has 8 heteroatoms. The third kappa shape index (κ3) is 7.73. The summed E-state index contributed by atoms with van der Waals surface area (Å²) in [5, 5.41) is 13.1. The molecule has 0 unspecified atom stereocenters. The molecule has 3 rings (SSSR count). The summed E-state index contributed by atoms with van der Waals surface area (Å²) in [7, 11) is 3.16. The number of aliphatic carboxylic acids is 1. The first-order chi connectivity index (χ1) is 16.9. The first-order valence-electron chi connectivity index (χ1n) is 11.1. The Hall–Kier alpha value is -3.55. The van der Waals surface area contributed by atoms with E-state index in [0.717, 1.165) is 22.3 Å². The number of carbonyl (C=O) groups excluding carboxylic acids is 1. The predicted molar refractivity (Wildman–Crippen MR) is 134 cm³/mol. The predicted octanol–water partition coefficient (Wildman–Crippen LogP) is 4.87. The van der Waals surface area contributed by atoms with Crippen LogP contribution in [0.1, 0.15) is 23.1 Å². The lowest BCUT2D eigenvalue weighted by Crippen LogP contribution is -2.19. The number of carboxylic acid groups (broad SMARTS) is 1. The number of carboxylic acids is 1. The van der Waals surface area contributed by atoms with Gasteiger partial charge in [0.1, 0.15) is 18.1 Å². The minimum Gasteiger partial charge on any atom is -0.497 e. The van der Waals surface area contributed by atoms with Crippen LogP contribution in [0.5, 0.6) is 11.5 Å². The van der Waals surface area contributed by atoms with Crippen LogP contribution in [0.25, 0.3) is 11.1 Å². The third-order valence-corrected chi connectivity index (χ3v) is 5.61. The molecule has 0 amide bonds. The van der Waals surface area contributed by atoms with Gasteiger partial charge in [-0.1, -0.05) is 35.9 Å². The molecule has 0 heterocycles. The molecule has 0 bridgehead atoms. The summed E-state index contributed by atoms with van der Waals surface area (Å²) in [4.78, 5) is 23.3. The highest BCUT2D eigenvalue weighted by molar-refractivity contribution is 6.30. The molecule has 35 heavy (non-hydrogen) atoms. The van der Waals surface area contributed by atoms with Crippen LogP contribution in [0.2, 0.25) is 5.02 Å². The largest absolute Gasteiger partial charge is 0.497 e. The molecular formula is C27H28ClNO6. The Morgan fingerprint density at radius 1 is 0.914 bits per heavy atom. The monoisotopic (exact) mass is 497 g/mol. The van der Waals surface area contributed by atoms with Gasteiger partial charge >= 0.3 is 11.9 Å². The summed E-state index contributed by atoms with van der Waals surface area (Å²) >= 11 is 5.87. The molecule has 0 aliphatic rings. The topological polar surface area (TPSA) is 94.1 Å². The van der Waals surface area contributed by atoms with Gasteiger partial charge < -0.3 is 24.6 Å². The van der Waals surface area contributed by atoms with E-state index in [0.29, 0.717) is 35.2 Å². The van der Waals surface area contributed by atoms with Crippen molar-refractivity contribution in [3.05, 3.63) is 82.4 Å². The van der Waals surface area contributed by atoms with E-state index in [1.165, 1.54) is 0 Å². The lowest BCUT2D eigenvalue weighted by atomic mass is 9.96. The van der Waals surface area contributed by atoms with Gasteiger partial charge in [-0.3, -0.25) is 9.59 Å². The Balaban J connectivity index is 1.66. The van der Waals surface area contributed by atoms with Crippen molar-refractivity contribution in [2.75, 3.05) is 20.8 Å². The van der Waals surface area contributed by atoms with Gasteiger partial charge in [0, 0.05) is 23.7 Å². The van der Waals surface area contributed by atoms with Crippen molar-refractivity contribution in [3.63, 3.8) is 0 Å². The second kappa shape index (κ2) is 12.8. The SMILES string of the molecule is COc1ccc(CNCCC(=O)OCc2ccc(Cl)cc2)c(-c2cc(CC(=O)O)ccc2OC)c1. The Morgan fingerprint density at radius 2 is 1.66 bits per heavy atom. The molecule has 0 radical (unpaired) electrons. The van der Waals surface area contributed by atoms with E-state index in [1.54, 1.807) is 38.5 Å². The zero-order valence-electron chi connectivity index (χ0n) is 19.7. The number of rotatable bonds is 12. The van der Waals surface area contributed by atoms with Crippen LogP contribution < -0.4 is 14.8 Å². The molecule has 3 aromatic rings. The molecule has 184 valence electrons. The van der Waals surface area contributed by atoms with Crippen LogP contribution in [0, 0.1) is 0 Å². The van der Waals surface area contributed by atoms with Crippen molar-refractivity contribution in [1.82, 2.24) is 5.32 Å². The number of methoxy groups -OCH3 is 2. The van der Waals surface area contributed by atoms with Crippen molar-refractivity contribution in [2.24, 2.45) is 0 Å². The number of esters is 1. The average Bonchev–Trinajstić information content (AvgIpc) is 2.86. The zero-order chi connectivity index (χ0) is 25.2. The smallest absolute Gasteiger partial charge is 0.307 e. The summed E-state index contributed by atoms with van der Waals surface area (Å²) in [5.41, 5.74) is 4.11. The maximum Gasteiger partial charge on any atom is 0.307 e. The molecule has 0 saturated carbocycles. The van der Waals surface area contributed by atoms with Crippen LogP contribution in [-0.4, -0.2) is 37.8 Å². The Morgan fingerprint density at radius 3 is 2.34 bits per heavy atom. The lowest BCUT2D eigenvalue weighted by Gasteiger charge is -2.16. The maximum absolute atomic E-state index is 12.1. The number of halogens is 1. The number of nitrogens with one attached hydrogen (secondary N) is 1. The lowest BCUT2D eigenvalue weighted by molar-refractivity contribution is -0.144. The van der Waals surface area contributed by atoms with Gasteiger partial charge in [0.2, 0.25) is 0 Å². The van der Waals surface area contributed by atoms with E-state index >= 15 is 0 Å². The normalized spacial score (nSPS) is 10.6. The molecule has 0 aliphatic heterocycles. The molecule has 0 fully saturated rings. The summed E-state index contributed by atoms with van der Waals surface area (Å²) < 4.78 is 16.3. The molecule has 0 aliphatic carbocycles. The van der Waals surface area contributed by atoms with E-state index in [1.807, 2.05) is 36.4 Å². The van der Waals surface area contributed by atoms with Crippen LogP contribution in [-0.2, 0) is 33.9 Å². The van der Waals surface area contributed by atoms with Crippen LogP contribution in [0.4, 0.5) is 0 Å². The third-order valence-electron chi connectivity index (χ3n) is 5.36. The standard InChI is InChI=1S/C27H28ClNO6/c1-33-22-9-6-20(16-29-12-11-27(32)35-17-18-3-7-21(28)8-4-18)23(15-22)24-13-19(14-26(30)31)5-10-25(24)34-2/h3-10,13,15,29H,11-12,14,16-17H2,1-2H3,(H,30,31). The Labute approximate surface area is 209 Å². The molecular weight excluding hydrogens is 470 g/mol. The first kappa shape index (κ1) is 26.1. The minimum absolute atomic E-state index is 0.0906. The van der Waals surface area contributed by atoms with E-state index in [9.17, 15) is 14.7 Å². The van der Waals surface area contributed by atoms with E-state index in [-0.39, 0.29) is 25.4 Å². The molecule has 3 aromatic carbocycles. The average molecular weight is 498 g/mol. The fraction of sp³-hybridized carbons (Fsp3) is 0.259. The summed E-state index contributed by atoms with van der Waals surface area (Å²) in [5.74, 6) is 0.0849. The molecule has 7 nitrogen and oxygen atoms in total. The van der Waals surface area contributed by atoms with Gasteiger partial charge in [0.15, 0.2) is 0 Å². The zero-order valence-corrected chi connectivity index (χ0v) is 20.4. The van der Waals surface area contributed by atoms with Crippen LogP contribution in [0.3, 0.4) is 0 Å². The highest BCUT2D eigenvalue weighted by atomic mass is 35.5. The van der Waals surface area contributed by atoms with E-state index in [4.69, 9.17) is 25.8 Å². The number of benzene rings is 3. The number of carbonyl (C=O) groups is 2. The van der Waals surface area contributed by atoms with Crippen molar-refractivity contribution >= 4 is 23.5 Å². The molecule has 0 spiro atoms. The highest BCUT2D eigenvalue weighted by Crippen LogP contribution is 2.35. The minimum atomic E-state index is -0.906. The molecule has 0 saturated heterocycles. The van der Waals surface area contributed by atoms with Gasteiger partial charge in [-0.2, -0.15) is 0 Å². The van der Waals surface area contributed by atoms with E-state index < -0.39 is 5.97 Å². The Kier molecular flexibility index (Phi) is 9.52. The van der Waals surface area contributed by atoms with Gasteiger partial charge in [0.05, 0.1) is 27.1 Å². The van der Waals surface area contributed by atoms with Crippen molar-refractivity contribution < 1.29 is 28.9 Å².